The molecule has 0 saturated carbocycles. The first-order chi connectivity index (χ1) is 16.8. The Hall–Kier alpha value is -3.42. The Bertz CT molecular complexity index is 1380. The maximum Gasteiger partial charge on any atom is 0.273 e. The van der Waals surface area contributed by atoms with Crippen molar-refractivity contribution in [2.75, 3.05) is 0 Å². The highest BCUT2D eigenvalue weighted by molar-refractivity contribution is 7.13. The number of hydrogen-bond donors (Lipinski definition) is 1. The number of carbonyl (C=O) groups is 2. The Balaban J connectivity index is 1.49. The summed E-state index contributed by atoms with van der Waals surface area (Å²) in [5, 5.41) is 10.3. The lowest BCUT2D eigenvalue weighted by molar-refractivity contribution is -0.133. The maximum absolute atomic E-state index is 13.8. The fourth-order valence-corrected chi connectivity index (χ4v) is 5.19. The lowest BCUT2D eigenvalue weighted by Crippen LogP contribution is -2.63. The lowest BCUT2D eigenvalue weighted by atomic mass is 9.94. The minimum absolute atomic E-state index is 0.215. The van der Waals surface area contributed by atoms with Crippen molar-refractivity contribution in [3.8, 4) is 10.6 Å². The van der Waals surface area contributed by atoms with Crippen LogP contribution in [0.25, 0.3) is 10.6 Å². The van der Waals surface area contributed by atoms with E-state index in [4.69, 9.17) is 11.6 Å². The van der Waals surface area contributed by atoms with E-state index in [1.165, 1.54) is 0 Å². The zero-order valence-corrected chi connectivity index (χ0v) is 21.1. The van der Waals surface area contributed by atoms with E-state index in [9.17, 15) is 9.59 Å². The number of fused-ring (bicyclic) bond motifs is 1. The zero-order valence-electron chi connectivity index (χ0n) is 19.5. The molecule has 1 aliphatic heterocycles. The van der Waals surface area contributed by atoms with E-state index in [0.29, 0.717) is 17.3 Å². The summed E-state index contributed by atoms with van der Waals surface area (Å²) < 4.78 is 1.66. The number of halogens is 1. The summed E-state index contributed by atoms with van der Waals surface area (Å²) in [5.74, 6) is -0.489. The quantitative estimate of drug-likeness (QED) is 0.387. The second-order valence-corrected chi connectivity index (χ2v) is 10.3. The predicted molar refractivity (Wildman–Crippen MR) is 138 cm³/mol. The molecular formula is C27H25ClN4O2S. The Morgan fingerprint density at radius 3 is 2.63 bits per heavy atom. The van der Waals surface area contributed by atoms with Gasteiger partial charge in [-0.05, 0) is 48.6 Å². The van der Waals surface area contributed by atoms with Crippen LogP contribution in [0.5, 0.6) is 0 Å². The summed E-state index contributed by atoms with van der Waals surface area (Å²) in [6.07, 6.45) is 0. The molecule has 1 aliphatic rings. The van der Waals surface area contributed by atoms with Crippen LogP contribution in [0.3, 0.4) is 0 Å². The summed E-state index contributed by atoms with van der Waals surface area (Å²) in [5.41, 5.74) is 2.96. The predicted octanol–water partition coefficient (Wildman–Crippen LogP) is 5.30. The van der Waals surface area contributed by atoms with E-state index >= 15 is 0 Å². The topological polar surface area (TPSA) is 67.2 Å². The molecule has 2 aromatic heterocycles. The van der Waals surface area contributed by atoms with Gasteiger partial charge in [-0.15, -0.1) is 11.3 Å². The highest BCUT2D eigenvalue weighted by Crippen LogP contribution is 2.33. The third-order valence-electron chi connectivity index (χ3n) is 6.42. The first-order valence-electron chi connectivity index (χ1n) is 11.4. The SMILES string of the molecule is Cc1ccc(CNC(=O)[C@]2(C)Cn3nc(-c4cccs4)cc3C(=O)N2Cc2ccccc2Cl)cc1. The van der Waals surface area contributed by atoms with Gasteiger partial charge in [0.1, 0.15) is 16.9 Å². The molecule has 0 fully saturated rings. The minimum atomic E-state index is -1.16. The summed E-state index contributed by atoms with van der Waals surface area (Å²) >= 11 is 8.00. The second-order valence-electron chi connectivity index (χ2n) is 8.97. The molecule has 2 amide bonds. The minimum Gasteiger partial charge on any atom is -0.350 e. The molecule has 1 atom stereocenters. The van der Waals surface area contributed by atoms with E-state index in [1.54, 1.807) is 40.0 Å². The smallest absolute Gasteiger partial charge is 0.273 e. The molecule has 0 radical (unpaired) electrons. The first kappa shape index (κ1) is 23.3. The van der Waals surface area contributed by atoms with Gasteiger partial charge in [-0.1, -0.05) is 65.7 Å². The van der Waals surface area contributed by atoms with E-state index in [-0.39, 0.29) is 24.9 Å². The van der Waals surface area contributed by atoms with Crippen LogP contribution in [0.1, 0.15) is 34.1 Å². The Morgan fingerprint density at radius 2 is 1.91 bits per heavy atom. The molecule has 178 valence electrons. The van der Waals surface area contributed by atoms with E-state index in [2.05, 4.69) is 10.4 Å². The van der Waals surface area contributed by atoms with Crippen molar-refractivity contribution in [3.05, 3.63) is 99.5 Å². The molecular weight excluding hydrogens is 480 g/mol. The summed E-state index contributed by atoms with van der Waals surface area (Å²) in [4.78, 5) is 30.0. The number of hydrogen-bond acceptors (Lipinski definition) is 4. The molecule has 0 spiro atoms. The number of thiophene rings is 1. The number of carbonyl (C=O) groups excluding carboxylic acids is 2. The van der Waals surface area contributed by atoms with Crippen LogP contribution in [-0.2, 0) is 24.4 Å². The second kappa shape index (κ2) is 9.32. The van der Waals surface area contributed by atoms with Gasteiger partial charge in [-0.2, -0.15) is 5.10 Å². The van der Waals surface area contributed by atoms with Gasteiger partial charge in [-0.3, -0.25) is 14.3 Å². The van der Waals surface area contributed by atoms with Crippen molar-refractivity contribution in [1.82, 2.24) is 20.0 Å². The fraction of sp³-hybridized carbons (Fsp3) is 0.222. The van der Waals surface area contributed by atoms with Crippen LogP contribution in [0.15, 0.2) is 72.1 Å². The average molecular weight is 505 g/mol. The Labute approximate surface area is 213 Å². The maximum atomic E-state index is 13.8. The fourth-order valence-electron chi connectivity index (χ4n) is 4.31. The number of amides is 2. The molecule has 8 heteroatoms. The number of nitrogens with one attached hydrogen (secondary N) is 1. The van der Waals surface area contributed by atoms with Gasteiger partial charge in [0, 0.05) is 18.1 Å². The van der Waals surface area contributed by atoms with Crippen LogP contribution >= 0.6 is 22.9 Å². The largest absolute Gasteiger partial charge is 0.350 e. The van der Waals surface area contributed by atoms with Gasteiger partial charge in [0.25, 0.3) is 5.91 Å². The van der Waals surface area contributed by atoms with Gasteiger partial charge in [0.2, 0.25) is 5.91 Å². The van der Waals surface area contributed by atoms with Crippen LogP contribution in [0.4, 0.5) is 0 Å². The van der Waals surface area contributed by atoms with Crippen LogP contribution in [0.2, 0.25) is 5.02 Å². The molecule has 0 aliphatic carbocycles. The zero-order chi connectivity index (χ0) is 24.6. The number of aryl methyl sites for hydroxylation is 1. The number of nitrogens with zero attached hydrogens (tertiary/aromatic N) is 3. The average Bonchev–Trinajstić information content (AvgIpc) is 3.52. The molecule has 1 N–H and O–H groups in total. The Kier molecular flexibility index (Phi) is 6.21. The normalized spacial score (nSPS) is 17.3. The van der Waals surface area contributed by atoms with Gasteiger partial charge in [0.15, 0.2) is 0 Å². The molecule has 6 nitrogen and oxygen atoms in total. The lowest BCUT2D eigenvalue weighted by Gasteiger charge is -2.43. The van der Waals surface area contributed by atoms with Crippen molar-refractivity contribution in [3.63, 3.8) is 0 Å². The third kappa shape index (κ3) is 4.49. The summed E-state index contributed by atoms with van der Waals surface area (Å²) in [6, 6.07) is 21.1. The molecule has 4 aromatic rings. The van der Waals surface area contributed by atoms with E-state index < -0.39 is 5.54 Å². The summed E-state index contributed by atoms with van der Waals surface area (Å²) in [7, 11) is 0. The van der Waals surface area contributed by atoms with Gasteiger partial charge in [0.05, 0.1) is 11.4 Å². The third-order valence-corrected chi connectivity index (χ3v) is 7.68. The molecule has 3 heterocycles. The number of rotatable bonds is 6. The highest BCUT2D eigenvalue weighted by Gasteiger charge is 2.48. The van der Waals surface area contributed by atoms with Gasteiger partial charge < -0.3 is 10.2 Å². The molecule has 2 aromatic carbocycles. The van der Waals surface area contributed by atoms with Crippen molar-refractivity contribution >= 4 is 34.8 Å². The number of benzene rings is 2. The van der Waals surface area contributed by atoms with E-state index in [0.717, 1.165) is 27.3 Å². The van der Waals surface area contributed by atoms with Gasteiger partial charge in [-0.25, -0.2) is 0 Å². The standard InChI is InChI=1S/C27H25ClN4O2S/c1-18-9-11-19(12-10-18)15-29-26(34)27(2)17-32-23(14-22(30-32)24-8-5-13-35-24)25(33)31(27)16-20-6-3-4-7-21(20)28/h3-14H,15-17H2,1-2H3,(H,29,34)/t27-/m0/s1. The molecule has 5 rings (SSSR count). The van der Waals surface area contributed by atoms with Crippen molar-refractivity contribution in [2.45, 2.75) is 39.0 Å². The molecule has 0 saturated heterocycles. The summed E-state index contributed by atoms with van der Waals surface area (Å²) in [6.45, 7) is 4.64. The van der Waals surface area contributed by atoms with Crippen molar-refractivity contribution in [1.29, 1.82) is 0 Å². The Morgan fingerprint density at radius 1 is 1.14 bits per heavy atom. The first-order valence-corrected chi connectivity index (χ1v) is 12.6. The van der Waals surface area contributed by atoms with Crippen molar-refractivity contribution in [2.24, 2.45) is 0 Å². The molecule has 0 bridgehead atoms. The van der Waals surface area contributed by atoms with Crippen LogP contribution < -0.4 is 5.32 Å². The highest BCUT2D eigenvalue weighted by atomic mass is 35.5. The van der Waals surface area contributed by atoms with Crippen LogP contribution in [-0.4, -0.2) is 32.0 Å². The van der Waals surface area contributed by atoms with Crippen LogP contribution in [0, 0.1) is 6.92 Å². The van der Waals surface area contributed by atoms with Crippen molar-refractivity contribution < 1.29 is 9.59 Å². The van der Waals surface area contributed by atoms with Gasteiger partial charge >= 0.3 is 0 Å². The molecule has 35 heavy (non-hydrogen) atoms. The number of aromatic nitrogens is 2. The van der Waals surface area contributed by atoms with E-state index in [1.807, 2.05) is 66.9 Å². The molecule has 0 unspecified atom stereocenters. The monoisotopic (exact) mass is 504 g/mol.